The summed E-state index contributed by atoms with van der Waals surface area (Å²) in [5, 5.41) is 0. The van der Waals surface area contributed by atoms with E-state index in [0.29, 0.717) is 0 Å². The highest BCUT2D eigenvalue weighted by molar-refractivity contribution is 5.23. The molecule has 0 spiro atoms. The monoisotopic (exact) mass is 221 g/mol. The molecule has 0 aliphatic carbocycles. The van der Waals surface area contributed by atoms with Crippen LogP contribution in [0.5, 0.6) is 0 Å². The third-order valence-corrected chi connectivity index (χ3v) is 3.33. The first-order valence-corrected chi connectivity index (χ1v) is 5.61. The molecule has 0 aromatic carbocycles. The summed E-state index contributed by atoms with van der Waals surface area (Å²) in [6.45, 7) is 9.87. The normalized spacial score (nSPS) is 16.6. The van der Waals surface area contributed by atoms with Crippen molar-refractivity contribution in [2.24, 2.45) is 7.05 Å². The van der Waals surface area contributed by atoms with Crippen LogP contribution in [0.25, 0.3) is 0 Å². The van der Waals surface area contributed by atoms with Crippen molar-refractivity contribution in [2.75, 3.05) is 0 Å². The van der Waals surface area contributed by atoms with Crippen LogP contribution in [-0.4, -0.2) is 20.0 Å². The molecular formula is C12H19N3O. The van der Waals surface area contributed by atoms with Gasteiger partial charge in [-0.1, -0.05) is 0 Å². The SMILES string of the molecule is Cc1nc2c(c(=O)n1C)CN(C(C)(C)C)C2. The Bertz CT molecular complexity index is 482. The molecule has 0 N–H and O–H groups in total. The zero-order valence-corrected chi connectivity index (χ0v) is 10.7. The van der Waals surface area contributed by atoms with Crippen molar-refractivity contribution in [3.63, 3.8) is 0 Å². The summed E-state index contributed by atoms with van der Waals surface area (Å²) in [5.74, 6) is 0.791. The minimum absolute atomic E-state index is 0.0830. The largest absolute Gasteiger partial charge is 0.300 e. The van der Waals surface area contributed by atoms with Crippen molar-refractivity contribution in [2.45, 2.75) is 46.3 Å². The Morgan fingerprint density at radius 2 is 1.88 bits per heavy atom. The van der Waals surface area contributed by atoms with Gasteiger partial charge >= 0.3 is 0 Å². The molecule has 0 bridgehead atoms. The molecule has 2 rings (SSSR count). The Hall–Kier alpha value is -1.16. The van der Waals surface area contributed by atoms with Crippen molar-refractivity contribution < 1.29 is 0 Å². The third kappa shape index (κ3) is 1.67. The Morgan fingerprint density at radius 1 is 1.25 bits per heavy atom. The van der Waals surface area contributed by atoms with E-state index in [-0.39, 0.29) is 11.1 Å². The minimum Gasteiger partial charge on any atom is -0.300 e. The maximum absolute atomic E-state index is 12.1. The van der Waals surface area contributed by atoms with Crippen LogP contribution in [0, 0.1) is 6.92 Å². The van der Waals surface area contributed by atoms with Crippen LogP contribution in [0.3, 0.4) is 0 Å². The highest BCUT2D eigenvalue weighted by atomic mass is 16.1. The number of aromatic nitrogens is 2. The van der Waals surface area contributed by atoms with Gasteiger partial charge in [0.25, 0.3) is 5.56 Å². The first kappa shape index (κ1) is 11.3. The molecule has 0 fully saturated rings. The molecule has 16 heavy (non-hydrogen) atoms. The molecule has 0 radical (unpaired) electrons. The van der Waals surface area contributed by atoms with E-state index in [1.165, 1.54) is 0 Å². The number of fused-ring (bicyclic) bond motifs is 1. The Morgan fingerprint density at radius 3 is 2.44 bits per heavy atom. The van der Waals surface area contributed by atoms with Gasteiger partial charge in [-0.25, -0.2) is 4.98 Å². The van der Waals surface area contributed by atoms with Crippen LogP contribution < -0.4 is 5.56 Å². The average Bonchev–Trinajstić information content (AvgIpc) is 2.57. The van der Waals surface area contributed by atoms with Crippen LogP contribution in [0.4, 0.5) is 0 Å². The molecule has 4 heteroatoms. The molecule has 0 saturated heterocycles. The Labute approximate surface area is 95.9 Å². The smallest absolute Gasteiger partial charge is 0.258 e. The summed E-state index contributed by atoms with van der Waals surface area (Å²) in [4.78, 5) is 18.8. The molecule has 88 valence electrons. The van der Waals surface area contributed by atoms with Gasteiger partial charge in [-0.3, -0.25) is 14.3 Å². The fourth-order valence-electron chi connectivity index (χ4n) is 2.00. The quantitative estimate of drug-likeness (QED) is 0.661. The van der Waals surface area contributed by atoms with Crippen molar-refractivity contribution in [3.05, 3.63) is 27.4 Å². The summed E-state index contributed by atoms with van der Waals surface area (Å²) < 4.78 is 1.63. The molecular weight excluding hydrogens is 202 g/mol. The number of nitrogens with zero attached hydrogens (tertiary/aromatic N) is 3. The topological polar surface area (TPSA) is 38.1 Å². The van der Waals surface area contributed by atoms with E-state index in [1.807, 2.05) is 6.92 Å². The molecule has 2 heterocycles. The standard InChI is InChI=1S/C12H19N3O/c1-8-13-10-7-15(12(2,3)4)6-9(10)11(16)14(8)5/h6-7H2,1-5H3. The van der Waals surface area contributed by atoms with Gasteiger partial charge in [0.2, 0.25) is 0 Å². The summed E-state index contributed by atoms with van der Waals surface area (Å²) in [7, 11) is 1.78. The predicted molar refractivity (Wildman–Crippen MR) is 63.2 cm³/mol. The van der Waals surface area contributed by atoms with E-state index in [9.17, 15) is 4.79 Å². The van der Waals surface area contributed by atoms with Gasteiger partial charge in [-0.05, 0) is 27.7 Å². The third-order valence-electron chi connectivity index (χ3n) is 3.33. The lowest BCUT2D eigenvalue weighted by Crippen LogP contribution is -2.37. The van der Waals surface area contributed by atoms with E-state index < -0.39 is 0 Å². The van der Waals surface area contributed by atoms with E-state index in [0.717, 1.165) is 30.2 Å². The summed E-state index contributed by atoms with van der Waals surface area (Å²) in [6, 6.07) is 0. The number of rotatable bonds is 0. The lowest BCUT2D eigenvalue weighted by Gasteiger charge is -2.30. The first-order chi connectivity index (χ1) is 7.30. The van der Waals surface area contributed by atoms with Crippen molar-refractivity contribution in [1.29, 1.82) is 0 Å². The summed E-state index contributed by atoms with van der Waals surface area (Å²) in [6.07, 6.45) is 0. The Balaban J connectivity index is 2.47. The van der Waals surface area contributed by atoms with Gasteiger partial charge in [0.1, 0.15) is 5.82 Å². The minimum atomic E-state index is 0.0830. The first-order valence-electron chi connectivity index (χ1n) is 5.61. The van der Waals surface area contributed by atoms with Gasteiger partial charge in [0, 0.05) is 25.7 Å². The van der Waals surface area contributed by atoms with Crippen LogP contribution in [0.1, 0.15) is 37.9 Å². The zero-order valence-electron chi connectivity index (χ0n) is 10.7. The van der Waals surface area contributed by atoms with Crippen LogP contribution in [0.15, 0.2) is 4.79 Å². The van der Waals surface area contributed by atoms with Crippen molar-refractivity contribution in [1.82, 2.24) is 14.5 Å². The molecule has 1 aliphatic rings. The van der Waals surface area contributed by atoms with Crippen molar-refractivity contribution >= 4 is 0 Å². The Kier molecular flexibility index (Phi) is 2.42. The average molecular weight is 221 g/mol. The van der Waals surface area contributed by atoms with Gasteiger partial charge in [0.05, 0.1) is 11.3 Å². The van der Waals surface area contributed by atoms with Crippen LogP contribution in [0.2, 0.25) is 0 Å². The second-order valence-corrected chi connectivity index (χ2v) is 5.48. The van der Waals surface area contributed by atoms with Crippen LogP contribution in [-0.2, 0) is 20.1 Å². The highest BCUT2D eigenvalue weighted by Gasteiger charge is 2.31. The summed E-state index contributed by atoms with van der Waals surface area (Å²) >= 11 is 0. The fourth-order valence-corrected chi connectivity index (χ4v) is 2.00. The lowest BCUT2D eigenvalue weighted by atomic mass is 10.1. The molecule has 0 amide bonds. The van der Waals surface area contributed by atoms with E-state index in [2.05, 4.69) is 30.7 Å². The number of aryl methyl sites for hydroxylation is 1. The second-order valence-electron chi connectivity index (χ2n) is 5.48. The second kappa shape index (κ2) is 3.42. The number of hydrogen-bond donors (Lipinski definition) is 0. The van der Waals surface area contributed by atoms with Gasteiger partial charge in [-0.15, -0.1) is 0 Å². The van der Waals surface area contributed by atoms with Gasteiger partial charge in [-0.2, -0.15) is 0 Å². The van der Waals surface area contributed by atoms with Gasteiger partial charge in [0.15, 0.2) is 0 Å². The predicted octanol–water partition coefficient (Wildman–Crippen LogP) is 1.20. The zero-order chi connectivity index (χ0) is 12.1. The van der Waals surface area contributed by atoms with Crippen LogP contribution >= 0.6 is 0 Å². The molecule has 0 saturated carbocycles. The van der Waals surface area contributed by atoms with E-state index >= 15 is 0 Å². The number of hydrogen-bond acceptors (Lipinski definition) is 3. The maximum Gasteiger partial charge on any atom is 0.258 e. The molecule has 0 unspecified atom stereocenters. The highest BCUT2D eigenvalue weighted by Crippen LogP contribution is 2.25. The fraction of sp³-hybridized carbons (Fsp3) is 0.667. The maximum atomic E-state index is 12.1. The van der Waals surface area contributed by atoms with E-state index in [1.54, 1.807) is 11.6 Å². The summed E-state index contributed by atoms with van der Waals surface area (Å²) in [5.41, 5.74) is 2.01. The molecule has 1 aliphatic heterocycles. The van der Waals surface area contributed by atoms with E-state index in [4.69, 9.17) is 0 Å². The molecule has 4 nitrogen and oxygen atoms in total. The van der Waals surface area contributed by atoms with Crippen molar-refractivity contribution in [3.8, 4) is 0 Å². The molecule has 1 aromatic heterocycles. The lowest BCUT2D eigenvalue weighted by molar-refractivity contribution is 0.135. The molecule has 0 atom stereocenters. The molecule has 1 aromatic rings. The van der Waals surface area contributed by atoms with Gasteiger partial charge < -0.3 is 0 Å².